The number of rotatable bonds is 8. The number of nitrogens with zero attached hydrogens (tertiary/aromatic N) is 1. The van der Waals surface area contributed by atoms with E-state index in [1.165, 1.54) is 19.3 Å². The fourth-order valence-electron chi connectivity index (χ4n) is 1.55. The van der Waals surface area contributed by atoms with E-state index in [4.69, 9.17) is 10.5 Å². The van der Waals surface area contributed by atoms with Crippen LogP contribution < -0.4 is 5.73 Å². The van der Waals surface area contributed by atoms with Crippen molar-refractivity contribution in [1.29, 1.82) is 0 Å². The Morgan fingerprint density at radius 2 is 2.19 bits per heavy atom. The number of hydrogen-bond acceptors (Lipinski definition) is 3. The van der Waals surface area contributed by atoms with Gasteiger partial charge in [-0.3, -0.25) is 4.98 Å². The van der Waals surface area contributed by atoms with Crippen molar-refractivity contribution in [3.63, 3.8) is 0 Å². The number of nitrogens with two attached hydrogens (primary N) is 1. The molecule has 3 nitrogen and oxygen atoms in total. The van der Waals surface area contributed by atoms with Gasteiger partial charge >= 0.3 is 0 Å². The summed E-state index contributed by atoms with van der Waals surface area (Å²) in [7, 11) is 0. The van der Waals surface area contributed by atoms with Gasteiger partial charge in [-0.05, 0) is 24.1 Å². The molecule has 0 atom stereocenters. The second-order valence-corrected chi connectivity index (χ2v) is 3.97. The summed E-state index contributed by atoms with van der Waals surface area (Å²) >= 11 is 0. The third kappa shape index (κ3) is 5.24. The van der Waals surface area contributed by atoms with Crippen LogP contribution in [0.5, 0.6) is 0 Å². The van der Waals surface area contributed by atoms with Gasteiger partial charge in [0.05, 0.1) is 12.3 Å². The number of pyridine rings is 1. The largest absolute Gasteiger partial charge is 0.377 e. The third-order valence-electron chi connectivity index (χ3n) is 2.50. The fraction of sp³-hybridized carbons (Fsp3) is 0.615. The van der Waals surface area contributed by atoms with E-state index in [1.54, 1.807) is 6.20 Å². The Morgan fingerprint density at radius 3 is 2.94 bits per heavy atom. The lowest BCUT2D eigenvalue weighted by atomic mass is 10.2. The minimum Gasteiger partial charge on any atom is -0.377 e. The van der Waals surface area contributed by atoms with Crippen molar-refractivity contribution >= 4 is 0 Å². The zero-order valence-corrected chi connectivity index (χ0v) is 10.1. The van der Waals surface area contributed by atoms with Gasteiger partial charge in [-0.1, -0.05) is 26.2 Å². The Labute approximate surface area is 98.0 Å². The molecule has 0 saturated carbocycles. The van der Waals surface area contributed by atoms with Crippen molar-refractivity contribution in [2.45, 2.75) is 45.8 Å². The summed E-state index contributed by atoms with van der Waals surface area (Å²) in [6, 6.07) is 3.98. The Hall–Kier alpha value is -0.930. The number of hydrogen-bond donors (Lipinski definition) is 1. The van der Waals surface area contributed by atoms with E-state index in [-0.39, 0.29) is 0 Å². The van der Waals surface area contributed by atoms with Crippen LogP contribution >= 0.6 is 0 Å². The van der Waals surface area contributed by atoms with Gasteiger partial charge in [-0.25, -0.2) is 0 Å². The van der Waals surface area contributed by atoms with Gasteiger partial charge in [0.1, 0.15) is 0 Å². The van der Waals surface area contributed by atoms with Gasteiger partial charge in [-0.2, -0.15) is 0 Å². The predicted molar refractivity (Wildman–Crippen MR) is 65.9 cm³/mol. The van der Waals surface area contributed by atoms with Gasteiger partial charge in [0.15, 0.2) is 0 Å². The van der Waals surface area contributed by atoms with Crippen molar-refractivity contribution in [2.24, 2.45) is 5.73 Å². The van der Waals surface area contributed by atoms with Crippen LogP contribution in [0, 0.1) is 0 Å². The second-order valence-electron chi connectivity index (χ2n) is 3.97. The van der Waals surface area contributed by atoms with Gasteiger partial charge < -0.3 is 10.5 Å². The van der Waals surface area contributed by atoms with Crippen LogP contribution in [0.15, 0.2) is 18.3 Å². The zero-order valence-electron chi connectivity index (χ0n) is 10.1. The second kappa shape index (κ2) is 8.25. The van der Waals surface area contributed by atoms with Crippen molar-refractivity contribution in [3.05, 3.63) is 29.6 Å². The summed E-state index contributed by atoms with van der Waals surface area (Å²) in [5.41, 5.74) is 7.61. The monoisotopic (exact) mass is 222 g/mol. The first kappa shape index (κ1) is 13.1. The van der Waals surface area contributed by atoms with Crippen LogP contribution in [0.2, 0.25) is 0 Å². The highest BCUT2D eigenvalue weighted by atomic mass is 16.5. The molecule has 0 saturated heterocycles. The molecule has 1 rings (SSSR count). The normalized spacial score (nSPS) is 10.6. The predicted octanol–water partition coefficient (Wildman–Crippen LogP) is 2.64. The van der Waals surface area contributed by atoms with E-state index >= 15 is 0 Å². The molecule has 16 heavy (non-hydrogen) atoms. The topological polar surface area (TPSA) is 48.1 Å². The number of ether oxygens (including phenoxy) is 1. The molecule has 2 N–H and O–H groups in total. The lowest BCUT2D eigenvalue weighted by Crippen LogP contribution is -2.01. The van der Waals surface area contributed by atoms with E-state index in [9.17, 15) is 0 Å². The quantitative estimate of drug-likeness (QED) is 0.688. The molecule has 0 spiro atoms. The summed E-state index contributed by atoms with van der Waals surface area (Å²) in [6.07, 6.45) is 6.78. The Bertz CT molecular complexity index is 289. The average molecular weight is 222 g/mol. The van der Waals surface area contributed by atoms with Crippen molar-refractivity contribution in [3.8, 4) is 0 Å². The highest BCUT2D eigenvalue weighted by Gasteiger charge is 1.96. The maximum atomic E-state index is 5.60. The standard InChI is InChI=1S/C13H22N2O/c1-2-3-4-5-8-16-11-12-6-7-15-13(9-12)10-14/h6-7,9H,2-5,8,10-11,14H2,1H3. The van der Waals surface area contributed by atoms with E-state index < -0.39 is 0 Å². The SMILES string of the molecule is CCCCCCOCc1ccnc(CN)c1. The van der Waals surface area contributed by atoms with Crippen molar-refractivity contribution in [1.82, 2.24) is 4.98 Å². The van der Waals surface area contributed by atoms with Crippen LogP contribution in [0.25, 0.3) is 0 Å². The molecule has 1 aromatic heterocycles. The van der Waals surface area contributed by atoms with Crippen molar-refractivity contribution in [2.75, 3.05) is 6.61 Å². The average Bonchev–Trinajstić information content (AvgIpc) is 2.34. The van der Waals surface area contributed by atoms with Crippen molar-refractivity contribution < 1.29 is 4.74 Å². The number of unbranched alkanes of at least 4 members (excludes halogenated alkanes) is 3. The summed E-state index contributed by atoms with van der Waals surface area (Å²) in [4.78, 5) is 4.15. The van der Waals surface area contributed by atoms with Gasteiger partial charge in [-0.15, -0.1) is 0 Å². The molecular formula is C13H22N2O. The maximum absolute atomic E-state index is 5.60. The Balaban J connectivity index is 2.16. The molecule has 0 amide bonds. The first-order valence-electron chi connectivity index (χ1n) is 6.08. The first-order chi connectivity index (χ1) is 7.86. The highest BCUT2D eigenvalue weighted by Crippen LogP contribution is 2.05. The lowest BCUT2D eigenvalue weighted by Gasteiger charge is -2.05. The molecule has 0 fully saturated rings. The molecule has 0 radical (unpaired) electrons. The molecule has 0 aliphatic rings. The molecule has 0 unspecified atom stereocenters. The lowest BCUT2D eigenvalue weighted by molar-refractivity contribution is 0.116. The molecular weight excluding hydrogens is 200 g/mol. The highest BCUT2D eigenvalue weighted by molar-refractivity contribution is 5.15. The van der Waals surface area contributed by atoms with Crippen LogP contribution in [0.1, 0.15) is 43.9 Å². The minimum absolute atomic E-state index is 0.490. The number of aromatic nitrogens is 1. The molecule has 3 heteroatoms. The van der Waals surface area contributed by atoms with Crippen LogP contribution in [0.4, 0.5) is 0 Å². The van der Waals surface area contributed by atoms with Crippen LogP contribution in [-0.4, -0.2) is 11.6 Å². The van der Waals surface area contributed by atoms with E-state index in [0.717, 1.165) is 24.3 Å². The van der Waals surface area contributed by atoms with Crippen LogP contribution in [0.3, 0.4) is 0 Å². The van der Waals surface area contributed by atoms with Crippen LogP contribution in [-0.2, 0) is 17.9 Å². The summed E-state index contributed by atoms with van der Waals surface area (Å²) < 4.78 is 5.60. The molecule has 1 aromatic rings. The minimum atomic E-state index is 0.490. The van der Waals surface area contributed by atoms with Gasteiger partial charge in [0, 0.05) is 19.3 Å². The molecule has 90 valence electrons. The Morgan fingerprint density at radius 1 is 1.31 bits per heavy atom. The zero-order chi connectivity index (χ0) is 11.6. The molecule has 1 heterocycles. The van der Waals surface area contributed by atoms with Gasteiger partial charge in [0.25, 0.3) is 0 Å². The fourth-order valence-corrected chi connectivity index (χ4v) is 1.55. The smallest absolute Gasteiger partial charge is 0.0718 e. The van der Waals surface area contributed by atoms with Gasteiger partial charge in [0.2, 0.25) is 0 Å². The third-order valence-corrected chi connectivity index (χ3v) is 2.50. The van der Waals surface area contributed by atoms with E-state index in [1.807, 2.05) is 12.1 Å². The summed E-state index contributed by atoms with van der Waals surface area (Å²) in [6.45, 7) is 4.22. The first-order valence-corrected chi connectivity index (χ1v) is 6.08. The summed E-state index contributed by atoms with van der Waals surface area (Å²) in [5.74, 6) is 0. The molecule has 0 aliphatic heterocycles. The summed E-state index contributed by atoms with van der Waals surface area (Å²) in [5, 5.41) is 0. The molecule has 0 aliphatic carbocycles. The maximum Gasteiger partial charge on any atom is 0.0718 e. The molecule has 0 aromatic carbocycles. The Kier molecular flexibility index (Phi) is 6.77. The van der Waals surface area contributed by atoms with E-state index in [2.05, 4.69) is 11.9 Å². The van der Waals surface area contributed by atoms with E-state index in [0.29, 0.717) is 13.2 Å². The molecule has 0 bridgehead atoms.